The lowest BCUT2D eigenvalue weighted by Gasteiger charge is -2.38. The zero-order valence-corrected chi connectivity index (χ0v) is 14.7. The molecular formula is C15H34O2Si. The Hall–Kier alpha value is 0.137. The van der Waals surface area contributed by atoms with Crippen LogP contribution in [0.15, 0.2) is 0 Å². The third-order valence-corrected chi connectivity index (χ3v) is 8.86. The molecule has 0 saturated heterocycles. The van der Waals surface area contributed by atoms with Gasteiger partial charge in [-0.25, -0.2) is 0 Å². The van der Waals surface area contributed by atoms with Gasteiger partial charge in [-0.1, -0.05) is 34.6 Å². The molecule has 1 N–H and O–H groups in total. The van der Waals surface area contributed by atoms with Gasteiger partial charge in [0, 0.05) is 6.61 Å². The third-order valence-electron chi connectivity index (χ3n) is 4.36. The van der Waals surface area contributed by atoms with E-state index in [1.807, 2.05) is 6.92 Å². The summed E-state index contributed by atoms with van der Waals surface area (Å²) in [5.74, 6) is 1.18. The predicted octanol–water partition coefficient (Wildman–Crippen LogP) is 4.44. The smallest absolute Gasteiger partial charge is 0.191 e. The highest BCUT2D eigenvalue weighted by molar-refractivity contribution is 6.74. The molecule has 0 fully saturated rings. The van der Waals surface area contributed by atoms with Gasteiger partial charge in [0.15, 0.2) is 8.32 Å². The lowest BCUT2D eigenvalue weighted by Crippen LogP contribution is -2.42. The minimum absolute atomic E-state index is 0.195. The van der Waals surface area contributed by atoms with Crippen LogP contribution in [0.5, 0.6) is 0 Å². The maximum absolute atomic E-state index is 9.41. The highest BCUT2D eigenvalue weighted by Gasteiger charge is 2.37. The lowest BCUT2D eigenvalue weighted by molar-refractivity contribution is 0.140. The molecule has 2 nitrogen and oxygen atoms in total. The van der Waals surface area contributed by atoms with E-state index < -0.39 is 8.32 Å². The zero-order chi connectivity index (χ0) is 14.6. The Bertz CT molecular complexity index is 229. The molecule has 0 aromatic heterocycles. The number of rotatable bonds is 7. The zero-order valence-electron chi connectivity index (χ0n) is 13.7. The summed E-state index contributed by atoms with van der Waals surface area (Å²) in [7, 11) is -1.63. The van der Waals surface area contributed by atoms with Crippen molar-refractivity contribution in [2.24, 2.45) is 11.8 Å². The molecule has 0 spiro atoms. The van der Waals surface area contributed by atoms with Gasteiger partial charge in [-0.2, -0.15) is 0 Å². The summed E-state index contributed by atoms with van der Waals surface area (Å²) in [6.45, 7) is 18.7. The van der Waals surface area contributed by atoms with Crippen LogP contribution in [0.4, 0.5) is 0 Å². The van der Waals surface area contributed by atoms with Crippen LogP contribution >= 0.6 is 0 Å². The molecule has 0 aromatic carbocycles. The van der Waals surface area contributed by atoms with Crippen molar-refractivity contribution in [2.75, 3.05) is 6.61 Å². The first-order valence-electron chi connectivity index (χ1n) is 7.29. The standard InChI is InChI=1S/C15H34O2Si/c1-12(2)14(10-9-13(3)16)11-17-18(7,8)15(4,5)6/h12-14,16H,9-11H2,1-8H3/t13?,14-/m1/s1. The molecule has 0 saturated carbocycles. The average molecular weight is 275 g/mol. The van der Waals surface area contributed by atoms with Crippen LogP contribution < -0.4 is 0 Å². The molecule has 0 aliphatic carbocycles. The molecule has 0 radical (unpaired) electrons. The molecule has 18 heavy (non-hydrogen) atoms. The third kappa shape index (κ3) is 6.35. The maximum Gasteiger partial charge on any atom is 0.191 e. The quantitative estimate of drug-likeness (QED) is 0.695. The van der Waals surface area contributed by atoms with Crippen molar-refractivity contribution in [1.82, 2.24) is 0 Å². The fourth-order valence-electron chi connectivity index (χ4n) is 1.60. The first-order chi connectivity index (χ1) is 7.97. The second kappa shape index (κ2) is 7.06. The van der Waals surface area contributed by atoms with Gasteiger partial charge in [-0.05, 0) is 49.7 Å². The van der Waals surface area contributed by atoms with Gasteiger partial charge in [-0.3, -0.25) is 0 Å². The molecule has 1 unspecified atom stereocenters. The second-order valence-corrected chi connectivity index (χ2v) is 12.3. The molecule has 3 heteroatoms. The molecule has 0 aliphatic heterocycles. The molecule has 0 amide bonds. The molecule has 0 rings (SSSR count). The van der Waals surface area contributed by atoms with Gasteiger partial charge < -0.3 is 9.53 Å². The van der Waals surface area contributed by atoms with Gasteiger partial charge in [0.1, 0.15) is 0 Å². The van der Waals surface area contributed by atoms with Gasteiger partial charge >= 0.3 is 0 Å². The molecule has 0 heterocycles. The average Bonchev–Trinajstić information content (AvgIpc) is 2.14. The Morgan fingerprint density at radius 1 is 1.06 bits per heavy atom. The molecule has 0 bridgehead atoms. The van der Waals surface area contributed by atoms with Crippen molar-refractivity contribution >= 4 is 8.32 Å². The normalized spacial score (nSPS) is 17.0. The number of hydrogen-bond acceptors (Lipinski definition) is 2. The van der Waals surface area contributed by atoms with Crippen molar-refractivity contribution in [1.29, 1.82) is 0 Å². The number of aliphatic hydroxyl groups is 1. The van der Waals surface area contributed by atoms with E-state index in [1.165, 1.54) is 0 Å². The van der Waals surface area contributed by atoms with E-state index in [9.17, 15) is 5.11 Å². The largest absolute Gasteiger partial charge is 0.417 e. The van der Waals surface area contributed by atoms with Gasteiger partial charge in [0.05, 0.1) is 6.10 Å². The van der Waals surface area contributed by atoms with Crippen LogP contribution in [0, 0.1) is 11.8 Å². The summed E-state index contributed by atoms with van der Waals surface area (Å²) >= 11 is 0. The molecule has 110 valence electrons. The van der Waals surface area contributed by atoms with Crippen molar-refractivity contribution < 1.29 is 9.53 Å². The Kier molecular flexibility index (Phi) is 7.12. The van der Waals surface area contributed by atoms with E-state index in [1.54, 1.807) is 0 Å². The fourth-order valence-corrected chi connectivity index (χ4v) is 2.66. The first kappa shape index (κ1) is 18.1. The summed E-state index contributed by atoms with van der Waals surface area (Å²) in [5.41, 5.74) is 0. The topological polar surface area (TPSA) is 29.5 Å². The molecule has 2 atom stereocenters. The Morgan fingerprint density at radius 3 is 1.89 bits per heavy atom. The summed E-state index contributed by atoms with van der Waals surface area (Å²) in [6, 6.07) is 0. The van der Waals surface area contributed by atoms with Crippen LogP contribution in [-0.4, -0.2) is 26.1 Å². The second-order valence-electron chi connectivity index (χ2n) is 7.50. The molecular weight excluding hydrogens is 240 g/mol. The van der Waals surface area contributed by atoms with Crippen LogP contribution in [0.2, 0.25) is 18.1 Å². The minimum Gasteiger partial charge on any atom is -0.417 e. The lowest BCUT2D eigenvalue weighted by atomic mass is 9.91. The van der Waals surface area contributed by atoms with Crippen LogP contribution in [-0.2, 0) is 4.43 Å². The Balaban J connectivity index is 4.36. The van der Waals surface area contributed by atoms with Crippen molar-refractivity contribution in [3.8, 4) is 0 Å². The van der Waals surface area contributed by atoms with E-state index in [0.29, 0.717) is 11.8 Å². The highest BCUT2D eigenvalue weighted by atomic mass is 28.4. The fraction of sp³-hybridized carbons (Fsp3) is 1.00. The summed E-state index contributed by atoms with van der Waals surface area (Å²) in [6.07, 6.45) is 1.74. The van der Waals surface area contributed by atoms with Crippen LogP contribution in [0.3, 0.4) is 0 Å². The van der Waals surface area contributed by atoms with Crippen LogP contribution in [0.1, 0.15) is 54.4 Å². The monoisotopic (exact) mass is 274 g/mol. The van der Waals surface area contributed by atoms with Crippen molar-refractivity contribution in [3.05, 3.63) is 0 Å². The van der Waals surface area contributed by atoms with E-state index in [-0.39, 0.29) is 11.1 Å². The summed E-state index contributed by atoms with van der Waals surface area (Å²) < 4.78 is 6.31. The van der Waals surface area contributed by atoms with E-state index in [4.69, 9.17) is 4.43 Å². The van der Waals surface area contributed by atoms with E-state index in [2.05, 4.69) is 47.7 Å². The predicted molar refractivity (Wildman–Crippen MR) is 82.4 cm³/mol. The van der Waals surface area contributed by atoms with Gasteiger partial charge in [-0.15, -0.1) is 0 Å². The minimum atomic E-state index is -1.63. The Morgan fingerprint density at radius 2 is 1.56 bits per heavy atom. The number of hydrogen-bond donors (Lipinski definition) is 1. The Labute approximate surface area is 115 Å². The molecule has 0 aliphatic rings. The van der Waals surface area contributed by atoms with Gasteiger partial charge in [0.25, 0.3) is 0 Å². The van der Waals surface area contributed by atoms with Crippen molar-refractivity contribution in [3.63, 3.8) is 0 Å². The SMILES string of the molecule is CC(O)CC[C@H](CO[Si](C)(C)C(C)(C)C)C(C)C. The summed E-state index contributed by atoms with van der Waals surface area (Å²) in [4.78, 5) is 0. The van der Waals surface area contributed by atoms with E-state index >= 15 is 0 Å². The van der Waals surface area contributed by atoms with Crippen molar-refractivity contribution in [2.45, 2.75) is 78.6 Å². The maximum atomic E-state index is 9.41. The highest BCUT2D eigenvalue weighted by Crippen LogP contribution is 2.37. The van der Waals surface area contributed by atoms with E-state index in [0.717, 1.165) is 19.4 Å². The van der Waals surface area contributed by atoms with Crippen LogP contribution in [0.25, 0.3) is 0 Å². The molecule has 0 aromatic rings. The first-order valence-corrected chi connectivity index (χ1v) is 10.2. The number of aliphatic hydroxyl groups excluding tert-OH is 1. The van der Waals surface area contributed by atoms with Gasteiger partial charge in [0.2, 0.25) is 0 Å². The summed E-state index contributed by atoms with van der Waals surface area (Å²) in [5, 5.41) is 9.68.